The molecule has 2 aromatic rings. The number of alkyl halides is 1. The van der Waals surface area contributed by atoms with Crippen molar-refractivity contribution in [1.82, 2.24) is 15.6 Å². The van der Waals surface area contributed by atoms with Gasteiger partial charge in [0.25, 0.3) is 0 Å². The molecule has 1 aliphatic carbocycles. The molecule has 0 unspecified atom stereocenters. The van der Waals surface area contributed by atoms with Gasteiger partial charge in [-0.25, -0.2) is 9.37 Å². The number of rotatable bonds is 7. The van der Waals surface area contributed by atoms with Gasteiger partial charge in [-0.05, 0) is 71.2 Å². The smallest absolute Gasteiger partial charge is 0.234 e. The third-order valence-corrected chi connectivity index (χ3v) is 5.56. The number of aryl methyl sites for hydroxylation is 1. The molecule has 6 heteroatoms. The first-order valence-corrected chi connectivity index (χ1v) is 10.6. The van der Waals surface area contributed by atoms with E-state index in [1.807, 2.05) is 25.1 Å². The third-order valence-electron chi connectivity index (χ3n) is 5.56. The minimum Gasteiger partial charge on any atom is -0.382 e. The molecular formula is C23H33FN4O. The Bertz CT molecular complexity index is 854. The second-order valence-corrected chi connectivity index (χ2v) is 8.59. The van der Waals surface area contributed by atoms with Crippen LogP contribution in [0.4, 0.5) is 10.1 Å². The van der Waals surface area contributed by atoms with Crippen molar-refractivity contribution in [2.24, 2.45) is 0 Å². The highest BCUT2D eigenvalue weighted by Gasteiger charge is 2.25. The monoisotopic (exact) mass is 400 g/mol. The average Bonchev–Trinajstić information content (AvgIpc) is 2.67. The van der Waals surface area contributed by atoms with Gasteiger partial charge >= 0.3 is 0 Å². The Labute approximate surface area is 172 Å². The van der Waals surface area contributed by atoms with E-state index in [1.54, 1.807) is 13.8 Å². The molecule has 0 aliphatic heterocycles. The number of fused-ring (bicyclic) bond motifs is 1. The zero-order chi connectivity index (χ0) is 21.0. The van der Waals surface area contributed by atoms with Gasteiger partial charge in [0.1, 0.15) is 5.67 Å². The summed E-state index contributed by atoms with van der Waals surface area (Å²) in [6, 6.07) is 8.46. The molecule has 3 rings (SSSR count). The Morgan fingerprint density at radius 3 is 2.52 bits per heavy atom. The topological polar surface area (TPSA) is 66.1 Å². The van der Waals surface area contributed by atoms with Crippen molar-refractivity contribution < 1.29 is 9.18 Å². The van der Waals surface area contributed by atoms with Crippen LogP contribution in [-0.2, 0) is 10.5 Å². The highest BCUT2D eigenvalue weighted by molar-refractivity contribution is 5.92. The lowest BCUT2D eigenvalue weighted by Gasteiger charge is -2.31. The minimum absolute atomic E-state index is 0.0636. The van der Waals surface area contributed by atoms with Crippen molar-refractivity contribution in [1.29, 1.82) is 0 Å². The van der Waals surface area contributed by atoms with Crippen LogP contribution < -0.4 is 16.0 Å². The molecule has 1 aromatic heterocycles. The molecular weight excluding hydrogens is 367 g/mol. The summed E-state index contributed by atoms with van der Waals surface area (Å²) in [7, 11) is 0. The first-order chi connectivity index (χ1) is 13.8. The van der Waals surface area contributed by atoms with Crippen LogP contribution >= 0.6 is 0 Å². The predicted molar refractivity (Wildman–Crippen MR) is 117 cm³/mol. The Hall–Kier alpha value is -2.21. The van der Waals surface area contributed by atoms with Crippen molar-refractivity contribution >= 4 is 22.5 Å². The highest BCUT2D eigenvalue weighted by Crippen LogP contribution is 2.32. The Morgan fingerprint density at radius 1 is 1.17 bits per heavy atom. The van der Waals surface area contributed by atoms with E-state index in [0.717, 1.165) is 54.4 Å². The average molecular weight is 401 g/mol. The molecule has 1 fully saturated rings. The number of carbonyl (C=O) groups excluding carboxylic acids is 1. The SMILES string of the molecule is CCNCC(=O)NC1CCC(Nc2cc(C(C)(C)F)nc3ccc(C)cc23)CC1. The van der Waals surface area contributed by atoms with Gasteiger partial charge in [-0.3, -0.25) is 4.79 Å². The number of amides is 1. The van der Waals surface area contributed by atoms with Gasteiger partial charge in [0, 0.05) is 23.2 Å². The Kier molecular flexibility index (Phi) is 6.73. The first kappa shape index (κ1) is 21.5. The lowest BCUT2D eigenvalue weighted by Crippen LogP contribution is -2.43. The number of carbonyl (C=O) groups is 1. The van der Waals surface area contributed by atoms with Gasteiger partial charge in [-0.2, -0.15) is 0 Å². The summed E-state index contributed by atoms with van der Waals surface area (Å²) in [5, 5.41) is 10.8. The zero-order valence-electron chi connectivity index (χ0n) is 17.9. The number of anilines is 1. The van der Waals surface area contributed by atoms with E-state index < -0.39 is 5.67 Å². The van der Waals surface area contributed by atoms with E-state index in [1.165, 1.54) is 0 Å². The van der Waals surface area contributed by atoms with Crippen LogP contribution in [0.2, 0.25) is 0 Å². The number of pyridine rings is 1. The number of likely N-dealkylation sites (N-methyl/N-ethyl adjacent to an activating group) is 1. The second-order valence-electron chi connectivity index (χ2n) is 8.59. The summed E-state index contributed by atoms with van der Waals surface area (Å²) in [6.07, 6.45) is 3.82. The summed E-state index contributed by atoms with van der Waals surface area (Å²) >= 11 is 0. The van der Waals surface area contributed by atoms with E-state index >= 15 is 0 Å². The molecule has 158 valence electrons. The van der Waals surface area contributed by atoms with E-state index in [-0.39, 0.29) is 11.9 Å². The Morgan fingerprint density at radius 2 is 1.86 bits per heavy atom. The minimum atomic E-state index is -1.50. The van der Waals surface area contributed by atoms with Crippen molar-refractivity contribution in [2.75, 3.05) is 18.4 Å². The molecule has 1 saturated carbocycles. The largest absolute Gasteiger partial charge is 0.382 e. The number of hydrogen-bond acceptors (Lipinski definition) is 4. The van der Waals surface area contributed by atoms with Crippen molar-refractivity contribution in [3.63, 3.8) is 0 Å². The van der Waals surface area contributed by atoms with Crippen LogP contribution in [0.25, 0.3) is 10.9 Å². The number of aromatic nitrogens is 1. The maximum atomic E-state index is 14.6. The molecule has 0 saturated heterocycles. The molecule has 0 bridgehead atoms. The van der Waals surface area contributed by atoms with Crippen LogP contribution in [0.15, 0.2) is 24.3 Å². The molecule has 29 heavy (non-hydrogen) atoms. The van der Waals surface area contributed by atoms with Crippen molar-refractivity contribution in [3.8, 4) is 0 Å². The van der Waals surface area contributed by atoms with Crippen LogP contribution in [0.1, 0.15) is 57.7 Å². The van der Waals surface area contributed by atoms with E-state index in [2.05, 4.69) is 33.9 Å². The molecule has 0 spiro atoms. The van der Waals surface area contributed by atoms with E-state index in [9.17, 15) is 9.18 Å². The maximum Gasteiger partial charge on any atom is 0.234 e. The van der Waals surface area contributed by atoms with Gasteiger partial charge < -0.3 is 16.0 Å². The maximum absolute atomic E-state index is 14.6. The molecule has 1 aromatic carbocycles. The molecule has 5 nitrogen and oxygen atoms in total. The number of nitrogens with zero attached hydrogens (tertiary/aromatic N) is 1. The summed E-state index contributed by atoms with van der Waals surface area (Å²) in [4.78, 5) is 16.5. The number of halogens is 1. The number of hydrogen-bond donors (Lipinski definition) is 3. The van der Waals surface area contributed by atoms with Crippen molar-refractivity contribution in [2.45, 2.75) is 71.1 Å². The lowest BCUT2D eigenvalue weighted by molar-refractivity contribution is -0.121. The zero-order valence-corrected chi connectivity index (χ0v) is 17.9. The highest BCUT2D eigenvalue weighted by atomic mass is 19.1. The number of nitrogens with one attached hydrogen (secondary N) is 3. The lowest BCUT2D eigenvalue weighted by atomic mass is 9.90. The summed E-state index contributed by atoms with van der Waals surface area (Å²) in [5.74, 6) is 0.0636. The fourth-order valence-electron chi connectivity index (χ4n) is 3.88. The van der Waals surface area contributed by atoms with Crippen molar-refractivity contribution in [3.05, 3.63) is 35.5 Å². The van der Waals surface area contributed by atoms with Crippen LogP contribution in [-0.4, -0.2) is 36.1 Å². The fraction of sp³-hybridized carbons (Fsp3) is 0.565. The molecule has 3 N–H and O–H groups in total. The second kappa shape index (κ2) is 9.08. The summed E-state index contributed by atoms with van der Waals surface area (Å²) < 4.78 is 14.6. The first-order valence-electron chi connectivity index (χ1n) is 10.6. The summed E-state index contributed by atoms with van der Waals surface area (Å²) in [6.45, 7) is 8.29. The van der Waals surface area contributed by atoms with Gasteiger partial charge in [0.05, 0.1) is 17.8 Å². The van der Waals surface area contributed by atoms with Crippen LogP contribution in [0.3, 0.4) is 0 Å². The van der Waals surface area contributed by atoms with Gasteiger partial charge in [0.15, 0.2) is 0 Å². The van der Waals surface area contributed by atoms with E-state index in [0.29, 0.717) is 18.3 Å². The molecule has 0 radical (unpaired) electrons. The van der Waals surface area contributed by atoms with Crippen LogP contribution in [0.5, 0.6) is 0 Å². The van der Waals surface area contributed by atoms with Crippen LogP contribution in [0, 0.1) is 6.92 Å². The van der Waals surface area contributed by atoms with Gasteiger partial charge in [-0.15, -0.1) is 0 Å². The third kappa shape index (κ3) is 5.66. The van der Waals surface area contributed by atoms with Gasteiger partial charge in [0.2, 0.25) is 5.91 Å². The quantitative estimate of drug-likeness (QED) is 0.652. The normalized spacial score (nSPS) is 19.9. The number of benzene rings is 1. The summed E-state index contributed by atoms with van der Waals surface area (Å²) in [5.41, 5.74) is 1.86. The Balaban J connectivity index is 1.70. The van der Waals surface area contributed by atoms with Gasteiger partial charge in [-0.1, -0.05) is 18.6 Å². The van der Waals surface area contributed by atoms with E-state index in [4.69, 9.17) is 0 Å². The molecule has 0 atom stereocenters. The fourth-order valence-corrected chi connectivity index (χ4v) is 3.88. The molecule has 1 heterocycles. The standard InChI is InChI=1S/C23H33FN4O/c1-5-25-14-22(29)27-17-9-7-16(8-10-17)26-20-13-21(23(3,4)24)28-19-11-6-15(2)12-18(19)20/h6,11-13,16-17,25H,5,7-10,14H2,1-4H3,(H,26,28)(H,27,29). The predicted octanol–water partition coefficient (Wildman–Crippen LogP) is 4.20. The molecule has 1 amide bonds. The molecule has 1 aliphatic rings.